The van der Waals surface area contributed by atoms with Gasteiger partial charge in [-0.2, -0.15) is 0 Å². The molecule has 0 radical (unpaired) electrons. The number of hydrogen-bond acceptors (Lipinski definition) is 4. The molecule has 1 atom stereocenters. The molecule has 0 spiro atoms. The summed E-state index contributed by atoms with van der Waals surface area (Å²) in [4.78, 5) is 14.6. The molecule has 1 amide bonds. The number of nitrogens with one attached hydrogen (secondary N) is 1. The second-order valence-electron chi connectivity index (χ2n) is 6.95. The molecule has 2 aromatic carbocycles. The Balaban J connectivity index is 1.58. The maximum Gasteiger partial charge on any atom is 0.231 e. The predicted octanol–water partition coefficient (Wildman–Crippen LogP) is 3.30. The molecule has 0 saturated carbocycles. The number of fused-ring (bicyclic) bond motifs is 1. The first-order valence-electron chi connectivity index (χ1n) is 9.09. The van der Waals surface area contributed by atoms with Crippen molar-refractivity contribution in [1.29, 1.82) is 0 Å². The monoisotopic (exact) mass is 372 g/mol. The summed E-state index contributed by atoms with van der Waals surface area (Å²) in [5.41, 5.74) is 1.94. The van der Waals surface area contributed by atoms with E-state index in [1.54, 1.807) is 12.1 Å². The lowest BCUT2D eigenvalue weighted by Crippen LogP contribution is -2.31. The maximum absolute atomic E-state index is 13.2. The number of amides is 1. The zero-order valence-corrected chi connectivity index (χ0v) is 15.7. The fraction of sp³-hybridized carbons (Fsp3) is 0.381. The molecule has 3 rings (SSSR count). The van der Waals surface area contributed by atoms with Gasteiger partial charge in [0.15, 0.2) is 11.5 Å². The Labute approximate surface area is 159 Å². The van der Waals surface area contributed by atoms with E-state index >= 15 is 0 Å². The average Bonchev–Trinajstić information content (AvgIpc) is 3.12. The van der Waals surface area contributed by atoms with Gasteiger partial charge in [0.25, 0.3) is 0 Å². The van der Waals surface area contributed by atoms with Crippen LogP contribution < -0.4 is 14.8 Å². The molecule has 27 heavy (non-hydrogen) atoms. The van der Waals surface area contributed by atoms with Crippen LogP contribution in [-0.4, -0.2) is 38.2 Å². The van der Waals surface area contributed by atoms with Crippen molar-refractivity contribution in [2.24, 2.45) is 0 Å². The molecule has 1 heterocycles. The zero-order valence-electron chi connectivity index (χ0n) is 15.7. The van der Waals surface area contributed by atoms with E-state index < -0.39 is 0 Å². The molecule has 1 unspecified atom stereocenters. The van der Waals surface area contributed by atoms with Crippen LogP contribution in [0.5, 0.6) is 11.5 Å². The number of nitrogens with zero attached hydrogens (tertiary/aromatic N) is 1. The molecule has 0 aliphatic carbocycles. The molecule has 0 saturated heterocycles. The quantitative estimate of drug-likeness (QED) is 0.773. The standard InChI is InChI=1S/C21H25FN2O3/c1-24(2)12-11-18(16-5-7-17(22)8-6-16)23-21(25)10-4-15-3-9-19-20(13-15)27-14-26-19/h3,5-9,13,18H,4,10-12,14H2,1-2H3,(H,23,25). The number of hydrogen-bond donors (Lipinski definition) is 1. The molecule has 1 aliphatic heterocycles. The lowest BCUT2D eigenvalue weighted by atomic mass is 10.0. The third-order valence-electron chi connectivity index (χ3n) is 4.55. The number of halogens is 1. The van der Waals surface area contributed by atoms with Gasteiger partial charge in [0.2, 0.25) is 12.7 Å². The number of benzene rings is 2. The molecular formula is C21H25FN2O3. The van der Waals surface area contributed by atoms with Gasteiger partial charge in [-0.25, -0.2) is 4.39 Å². The molecule has 0 bridgehead atoms. The fourth-order valence-corrected chi connectivity index (χ4v) is 3.03. The number of ether oxygens (including phenoxy) is 2. The van der Waals surface area contributed by atoms with Crippen LogP contribution in [0.2, 0.25) is 0 Å². The third-order valence-corrected chi connectivity index (χ3v) is 4.55. The number of rotatable bonds is 8. The molecule has 0 aromatic heterocycles. The summed E-state index contributed by atoms with van der Waals surface area (Å²) < 4.78 is 23.9. The molecular weight excluding hydrogens is 347 g/mol. The van der Waals surface area contributed by atoms with E-state index in [-0.39, 0.29) is 24.6 Å². The summed E-state index contributed by atoms with van der Waals surface area (Å²) in [6.45, 7) is 1.06. The Kier molecular flexibility index (Phi) is 6.29. The lowest BCUT2D eigenvalue weighted by molar-refractivity contribution is -0.121. The average molecular weight is 372 g/mol. The minimum Gasteiger partial charge on any atom is -0.454 e. The van der Waals surface area contributed by atoms with Gasteiger partial charge in [-0.05, 0) is 68.9 Å². The van der Waals surface area contributed by atoms with Crippen LogP contribution in [0.4, 0.5) is 4.39 Å². The molecule has 6 heteroatoms. The highest BCUT2D eigenvalue weighted by atomic mass is 19.1. The Morgan fingerprint density at radius 3 is 2.63 bits per heavy atom. The lowest BCUT2D eigenvalue weighted by Gasteiger charge is -2.21. The van der Waals surface area contributed by atoms with E-state index in [4.69, 9.17) is 9.47 Å². The summed E-state index contributed by atoms with van der Waals surface area (Å²) in [6.07, 6.45) is 1.75. The van der Waals surface area contributed by atoms with Crippen LogP contribution in [0, 0.1) is 5.82 Å². The van der Waals surface area contributed by atoms with E-state index in [0.29, 0.717) is 12.8 Å². The van der Waals surface area contributed by atoms with E-state index in [1.807, 2.05) is 32.3 Å². The van der Waals surface area contributed by atoms with Crippen molar-refractivity contribution in [3.8, 4) is 11.5 Å². The summed E-state index contributed by atoms with van der Waals surface area (Å²) in [6, 6.07) is 11.9. The van der Waals surface area contributed by atoms with Crippen molar-refractivity contribution in [3.05, 3.63) is 59.4 Å². The SMILES string of the molecule is CN(C)CCC(NC(=O)CCc1ccc2c(c1)OCO2)c1ccc(F)cc1. The third kappa shape index (κ3) is 5.44. The maximum atomic E-state index is 13.2. The highest BCUT2D eigenvalue weighted by molar-refractivity contribution is 5.76. The normalized spacial score (nSPS) is 13.6. The molecule has 1 aliphatic rings. The summed E-state index contributed by atoms with van der Waals surface area (Å²) in [7, 11) is 3.98. The Morgan fingerprint density at radius 1 is 1.15 bits per heavy atom. The molecule has 1 N–H and O–H groups in total. The van der Waals surface area contributed by atoms with E-state index in [0.717, 1.165) is 35.6 Å². The van der Waals surface area contributed by atoms with Gasteiger partial charge in [0, 0.05) is 6.42 Å². The minimum atomic E-state index is -0.278. The van der Waals surface area contributed by atoms with Crippen LogP contribution >= 0.6 is 0 Å². The Morgan fingerprint density at radius 2 is 1.89 bits per heavy atom. The van der Waals surface area contributed by atoms with E-state index in [9.17, 15) is 9.18 Å². The summed E-state index contributed by atoms with van der Waals surface area (Å²) in [5, 5.41) is 3.09. The molecule has 144 valence electrons. The number of aryl methyl sites for hydroxylation is 1. The number of carbonyl (C=O) groups excluding carboxylic acids is 1. The van der Waals surface area contributed by atoms with Crippen molar-refractivity contribution in [3.63, 3.8) is 0 Å². The second-order valence-corrected chi connectivity index (χ2v) is 6.95. The van der Waals surface area contributed by atoms with Crippen LogP contribution in [0.3, 0.4) is 0 Å². The molecule has 5 nitrogen and oxygen atoms in total. The van der Waals surface area contributed by atoms with Gasteiger partial charge in [-0.1, -0.05) is 18.2 Å². The van der Waals surface area contributed by atoms with Gasteiger partial charge in [-0.3, -0.25) is 4.79 Å². The predicted molar refractivity (Wildman–Crippen MR) is 101 cm³/mol. The topological polar surface area (TPSA) is 50.8 Å². The van der Waals surface area contributed by atoms with Crippen LogP contribution in [0.25, 0.3) is 0 Å². The number of carbonyl (C=O) groups is 1. The van der Waals surface area contributed by atoms with Crippen LogP contribution in [0.15, 0.2) is 42.5 Å². The van der Waals surface area contributed by atoms with Crippen molar-refractivity contribution >= 4 is 5.91 Å². The second kappa shape index (κ2) is 8.86. The zero-order chi connectivity index (χ0) is 19.2. The Bertz CT molecular complexity index is 777. The summed E-state index contributed by atoms with van der Waals surface area (Å²) >= 11 is 0. The van der Waals surface area contributed by atoms with Crippen molar-refractivity contribution < 1.29 is 18.7 Å². The summed E-state index contributed by atoms with van der Waals surface area (Å²) in [5.74, 6) is 1.16. The van der Waals surface area contributed by atoms with Crippen molar-refractivity contribution in [2.45, 2.75) is 25.3 Å². The van der Waals surface area contributed by atoms with E-state index in [1.165, 1.54) is 12.1 Å². The smallest absolute Gasteiger partial charge is 0.231 e. The first-order valence-corrected chi connectivity index (χ1v) is 9.09. The first kappa shape index (κ1) is 19.2. The highest BCUT2D eigenvalue weighted by Crippen LogP contribution is 2.32. The first-order chi connectivity index (χ1) is 13.0. The van der Waals surface area contributed by atoms with Crippen molar-refractivity contribution in [1.82, 2.24) is 10.2 Å². The van der Waals surface area contributed by atoms with Gasteiger partial charge in [0.1, 0.15) is 5.82 Å². The largest absolute Gasteiger partial charge is 0.454 e. The fourth-order valence-electron chi connectivity index (χ4n) is 3.03. The van der Waals surface area contributed by atoms with Gasteiger partial charge in [-0.15, -0.1) is 0 Å². The highest BCUT2D eigenvalue weighted by Gasteiger charge is 2.17. The van der Waals surface area contributed by atoms with Gasteiger partial charge < -0.3 is 19.7 Å². The van der Waals surface area contributed by atoms with Gasteiger partial charge in [0.05, 0.1) is 6.04 Å². The van der Waals surface area contributed by atoms with Crippen molar-refractivity contribution in [2.75, 3.05) is 27.4 Å². The van der Waals surface area contributed by atoms with Crippen LogP contribution in [-0.2, 0) is 11.2 Å². The van der Waals surface area contributed by atoms with Gasteiger partial charge >= 0.3 is 0 Å². The molecule has 0 fully saturated rings. The van der Waals surface area contributed by atoms with Crippen LogP contribution in [0.1, 0.15) is 30.0 Å². The minimum absolute atomic E-state index is 0.0271. The molecule has 2 aromatic rings. The Hall–Kier alpha value is -2.60. The van der Waals surface area contributed by atoms with E-state index in [2.05, 4.69) is 10.2 Å².